The SMILES string of the molecule is CCC(C(=O)O)N(C)C(=O)c1cc(F)c(F)c(F)c1F. The summed E-state index contributed by atoms with van der Waals surface area (Å²) >= 11 is 0. The van der Waals surface area contributed by atoms with Gasteiger partial charge in [0.2, 0.25) is 0 Å². The van der Waals surface area contributed by atoms with Crippen molar-refractivity contribution in [2.75, 3.05) is 7.05 Å². The Hall–Kier alpha value is -2.12. The number of carbonyl (C=O) groups excluding carboxylic acids is 1. The molecule has 1 unspecified atom stereocenters. The summed E-state index contributed by atoms with van der Waals surface area (Å²) in [6, 6.07) is -1.10. The van der Waals surface area contributed by atoms with E-state index >= 15 is 0 Å². The minimum atomic E-state index is -2.12. The molecule has 1 aromatic carbocycles. The molecule has 8 heteroatoms. The maximum atomic E-state index is 13.4. The fourth-order valence-corrected chi connectivity index (χ4v) is 1.67. The van der Waals surface area contributed by atoms with Crippen molar-refractivity contribution < 1.29 is 32.3 Å². The lowest BCUT2D eigenvalue weighted by Gasteiger charge is -2.24. The molecule has 1 N–H and O–H groups in total. The topological polar surface area (TPSA) is 57.6 Å². The van der Waals surface area contributed by atoms with Crippen molar-refractivity contribution in [1.82, 2.24) is 4.90 Å². The number of rotatable bonds is 4. The Kier molecular flexibility index (Phi) is 4.69. The van der Waals surface area contributed by atoms with Crippen LogP contribution in [0.1, 0.15) is 23.7 Å². The van der Waals surface area contributed by atoms with Gasteiger partial charge in [0.05, 0.1) is 5.56 Å². The normalized spacial score (nSPS) is 12.1. The van der Waals surface area contributed by atoms with E-state index in [2.05, 4.69) is 0 Å². The van der Waals surface area contributed by atoms with E-state index in [1.165, 1.54) is 6.92 Å². The van der Waals surface area contributed by atoms with Gasteiger partial charge in [-0.05, 0) is 12.5 Å². The Bertz CT molecular complexity index is 562. The molecule has 0 saturated carbocycles. The largest absolute Gasteiger partial charge is 0.480 e. The molecule has 0 aliphatic rings. The highest BCUT2D eigenvalue weighted by Gasteiger charge is 2.30. The Morgan fingerprint density at radius 2 is 1.75 bits per heavy atom. The van der Waals surface area contributed by atoms with Crippen LogP contribution in [0.5, 0.6) is 0 Å². The zero-order valence-corrected chi connectivity index (χ0v) is 10.6. The summed E-state index contributed by atoms with van der Waals surface area (Å²) in [5, 5.41) is 8.87. The number of halogens is 4. The molecule has 0 aromatic heterocycles. The third-order valence-electron chi connectivity index (χ3n) is 2.79. The van der Waals surface area contributed by atoms with E-state index in [-0.39, 0.29) is 12.5 Å². The van der Waals surface area contributed by atoms with Crippen LogP contribution in [0.2, 0.25) is 0 Å². The van der Waals surface area contributed by atoms with Crippen molar-refractivity contribution in [3.05, 3.63) is 34.9 Å². The summed E-state index contributed by atoms with van der Waals surface area (Å²) in [5.74, 6) is -10.4. The van der Waals surface area contributed by atoms with Crippen LogP contribution in [0.3, 0.4) is 0 Å². The number of nitrogens with zero attached hydrogens (tertiary/aromatic N) is 1. The Morgan fingerprint density at radius 1 is 1.20 bits per heavy atom. The van der Waals surface area contributed by atoms with E-state index in [1.54, 1.807) is 0 Å². The molecule has 0 radical (unpaired) electrons. The van der Waals surface area contributed by atoms with Crippen LogP contribution in [0.25, 0.3) is 0 Å². The van der Waals surface area contributed by atoms with Crippen LogP contribution in [0.4, 0.5) is 17.6 Å². The molecule has 110 valence electrons. The minimum absolute atomic E-state index is 0.00531. The fourth-order valence-electron chi connectivity index (χ4n) is 1.67. The lowest BCUT2D eigenvalue weighted by molar-refractivity contribution is -0.142. The summed E-state index contributed by atoms with van der Waals surface area (Å²) < 4.78 is 52.3. The molecule has 1 amide bonds. The Morgan fingerprint density at radius 3 is 2.20 bits per heavy atom. The number of likely N-dealkylation sites (N-methyl/N-ethyl adjacent to an activating group) is 1. The molecule has 1 rings (SSSR count). The number of carbonyl (C=O) groups is 2. The molecule has 0 saturated heterocycles. The summed E-state index contributed by atoms with van der Waals surface area (Å²) in [5.41, 5.74) is -1.07. The first-order valence-electron chi connectivity index (χ1n) is 5.55. The predicted molar refractivity (Wildman–Crippen MR) is 60.1 cm³/mol. The molecular weight excluding hydrogens is 282 g/mol. The molecular formula is C12H11F4NO3. The number of hydrogen-bond acceptors (Lipinski definition) is 2. The zero-order valence-electron chi connectivity index (χ0n) is 10.6. The van der Waals surface area contributed by atoms with Gasteiger partial charge in [0.25, 0.3) is 5.91 Å². The number of carboxylic acid groups (broad SMARTS) is 1. The van der Waals surface area contributed by atoms with Crippen molar-refractivity contribution in [2.45, 2.75) is 19.4 Å². The summed E-state index contributed by atoms with van der Waals surface area (Å²) in [4.78, 5) is 23.4. The van der Waals surface area contributed by atoms with E-state index in [0.717, 1.165) is 7.05 Å². The van der Waals surface area contributed by atoms with Crippen LogP contribution in [0.15, 0.2) is 6.07 Å². The Labute approximate surface area is 111 Å². The first kappa shape index (κ1) is 15.9. The minimum Gasteiger partial charge on any atom is -0.480 e. The van der Waals surface area contributed by atoms with E-state index < -0.39 is 46.8 Å². The van der Waals surface area contributed by atoms with E-state index in [9.17, 15) is 27.2 Å². The number of aliphatic carboxylic acids is 1. The van der Waals surface area contributed by atoms with Crippen molar-refractivity contribution in [1.29, 1.82) is 0 Å². The second-order valence-corrected chi connectivity index (χ2v) is 4.03. The predicted octanol–water partition coefficient (Wildman–Crippen LogP) is 2.18. The number of amides is 1. The molecule has 20 heavy (non-hydrogen) atoms. The molecule has 0 spiro atoms. The number of hydrogen-bond donors (Lipinski definition) is 1. The van der Waals surface area contributed by atoms with Gasteiger partial charge in [-0.25, -0.2) is 22.4 Å². The summed E-state index contributed by atoms with van der Waals surface area (Å²) in [6.07, 6.45) is 0.00531. The van der Waals surface area contributed by atoms with Crippen LogP contribution >= 0.6 is 0 Å². The quantitative estimate of drug-likeness (QED) is 0.526. The van der Waals surface area contributed by atoms with E-state index in [4.69, 9.17) is 5.11 Å². The maximum absolute atomic E-state index is 13.4. The van der Waals surface area contributed by atoms with Gasteiger partial charge >= 0.3 is 5.97 Å². The van der Waals surface area contributed by atoms with Crippen LogP contribution in [-0.2, 0) is 4.79 Å². The lowest BCUT2D eigenvalue weighted by atomic mass is 10.1. The van der Waals surface area contributed by atoms with Gasteiger partial charge in [-0.15, -0.1) is 0 Å². The van der Waals surface area contributed by atoms with Crippen molar-refractivity contribution in [2.24, 2.45) is 0 Å². The smallest absolute Gasteiger partial charge is 0.326 e. The van der Waals surface area contributed by atoms with Crippen LogP contribution in [0, 0.1) is 23.3 Å². The van der Waals surface area contributed by atoms with Crippen LogP contribution < -0.4 is 0 Å². The van der Waals surface area contributed by atoms with Crippen molar-refractivity contribution in [3.8, 4) is 0 Å². The van der Waals surface area contributed by atoms with Crippen molar-refractivity contribution in [3.63, 3.8) is 0 Å². The average Bonchev–Trinajstić information content (AvgIpc) is 2.40. The molecule has 0 aliphatic carbocycles. The molecule has 0 heterocycles. The van der Waals surface area contributed by atoms with Gasteiger partial charge < -0.3 is 10.0 Å². The van der Waals surface area contributed by atoms with Crippen LogP contribution in [-0.4, -0.2) is 35.0 Å². The van der Waals surface area contributed by atoms with Crippen molar-refractivity contribution >= 4 is 11.9 Å². The van der Waals surface area contributed by atoms with Gasteiger partial charge in [-0.3, -0.25) is 4.79 Å². The standard InChI is InChI=1S/C12H11F4NO3/c1-3-7(12(19)20)17(2)11(18)5-4-6(13)9(15)10(16)8(5)14/h4,7H,3H2,1-2H3,(H,19,20). The molecule has 1 atom stereocenters. The third kappa shape index (κ3) is 2.73. The molecule has 0 fully saturated rings. The highest BCUT2D eigenvalue weighted by Crippen LogP contribution is 2.20. The van der Waals surface area contributed by atoms with Gasteiger partial charge in [0, 0.05) is 7.05 Å². The zero-order chi connectivity index (χ0) is 15.6. The molecule has 1 aromatic rings. The monoisotopic (exact) mass is 293 g/mol. The average molecular weight is 293 g/mol. The first-order valence-corrected chi connectivity index (χ1v) is 5.55. The van der Waals surface area contributed by atoms with Gasteiger partial charge in [0.15, 0.2) is 23.3 Å². The summed E-state index contributed by atoms with van der Waals surface area (Å²) in [7, 11) is 1.04. The van der Waals surface area contributed by atoms with E-state index in [0.29, 0.717) is 4.90 Å². The second-order valence-electron chi connectivity index (χ2n) is 4.03. The maximum Gasteiger partial charge on any atom is 0.326 e. The van der Waals surface area contributed by atoms with Gasteiger partial charge in [-0.1, -0.05) is 6.92 Å². The Balaban J connectivity index is 3.25. The highest BCUT2D eigenvalue weighted by molar-refractivity contribution is 5.96. The molecule has 4 nitrogen and oxygen atoms in total. The lowest BCUT2D eigenvalue weighted by Crippen LogP contribution is -2.42. The van der Waals surface area contributed by atoms with Gasteiger partial charge in [-0.2, -0.15) is 0 Å². The van der Waals surface area contributed by atoms with E-state index in [1.807, 2.05) is 0 Å². The number of carboxylic acids is 1. The second kappa shape index (κ2) is 5.89. The molecule has 0 aliphatic heterocycles. The highest BCUT2D eigenvalue weighted by atomic mass is 19.2. The third-order valence-corrected chi connectivity index (χ3v) is 2.79. The summed E-state index contributed by atoms with van der Waals surface area (Å²) in [6.45, 7) is 1.46. The first-order chi connectivity index (χ1) is 9.22. The number of benzene rings is 1. The van der Waals surface area contributed by atoms with Gasteiger partial charge in [0.1, 0.15) is 6.04 Å². The molecule has 0 bridgehead atoms. The fraction of sp³-hybridized carbons (Fsp3) is 0.333.